The number of aromatic nitrogens is 2. The van der Waals surface area contributed by atoms with E-state index >= 15 is 0 Å². The lowest BCUT2D eigenvalue weighted by Gasteiger charge is -1.96. The Morgan fingerprint density at radius 3 is 3.06 bits per heavy atom. The molecule has 2 aromatic rings. The lowest BCUT2D eigenvalue weighted by atomic mass is 10.1. The first-order valence-electron chi connectivity index (χ1n) is 4.86. The molecule has 1 N–H and O–H groups in total. The second-order valence-electron chi connectivity index (χ2n) is 3.38. The van der Waals surface area contributed by atoms with Crippen LogP contribution in [0.2, 0.25) is 0 Å². The summed E-state index contributed by atoms with van der Waals surface area (Å²) in [7, 11) is 1.57. The van der Waals surface area contributed by atoms with Gasteiger partial charge >= 0.3 is 0 Å². The Balaban J connectivity index is 2.08. The third-order valence-corrected chi connectivity index (χ3v) is 2.05. The maximum Gasteiger partial charge on any atom is 0.231 e. The van der Waals surface area contributed by atoms with Gasteiger partial charge < -0.3 is 14.4 Å². The van der Waals surface area contributed by atoms with Gasteiger partial charge in [-0.25, -0.2) is 0 Å². The fourth-order valence-corrected chi connectivity index (χ4v) is 1.39. The van der Waals surface area contributed by atoms with E-state index in [1.807, 2.05) is 6.07 Å². The summed E-state index contributed by atoms with van der Waals surface area (Å²) in [6.45, 7) is 0.337. The molecule has 1 heterocycles. The van der Waals surface area contributed by atoms with Crippen LogP contribution in [0, 0.1) is 0 Å². The largest absolute Gasteiger partial charge is 0.508 e. The monoisotopic (exact) mass is 220 g/mol. The van der Waals surface area contributed by atoms with Crippen LogP contribution in [0.5, 0.6) is 5.75 Å². The molecular formula is C11H12N2O3. The molecule has 2 rings (SSSR count). The molecule has 0 saturated heterocycles. The van der Waals surface area contributed by atoms with Crippen molar-refractivity contribution in [2.45, 2.75) is 13.0 Å². The van der Waals surface area contributed by atoms with Gasteiger partial charge in [0.15, 0.2) is 5.82 Å². The van der Waals surface area contributed by atoms with Crippen LogP contribution in [0.1, 0.15) is 17.3 Å². The predicted molar refractivity (Wildman–Crippen MR) is 55.9 cm³/mol. The van der Waals surface area contributed by atoms with Gasteiger partial charge in [-0.15, -0.1) is 0 Å². The lowest BCUT2D eigenvalue weighted by Crippen LogP contribution is -1.91. The number of benzene rings is 1. The first-order valence-corrected chi connectivity index (χ1v) is 4.86. The first-order chi connectivity index (χ1) is 7.78. The Bertz CT molecular complexity index is 468. The maximum atomic E-state index is 9.29. The van der Waals surface area contributed by atoms with Gasteiger partial charge in [0, 0.05) is 7.11 Å². The van der Waals surface area contributed by atoms with Crippen LogP contribution < -0.4 is 0 Å². The summed E-state index contributed by atoms with van der Waals surface area (Å²) >= 11 is 0. The molecule has 0 aliphatic rings. The molecule has 0 aliphatic heterocycles. The van der Waals surface area contributed by atoms with Gasteiger partial charge in [0.05, 0.1) is 6.42 Å². The van der Waals surface area contributed by atoms with Crippen LogP contribution in [0.3, 0.4) is 0 Å². The van der Waals surface area contributed by atoms with Crippen LogP contribution in [-0.4, -0.2) is 22.4 Å². The highest BCUT2D eigenvalue weighted by Gasteiger charge is 2.06. The van der Waals surface area contributed by atoms with Crippen molar-refractivity contribution in [3.63, 3.8) is 0 Å². The average molecular weight is 220 g/mol. The van der Waals surface area contributed by atoms with Gasteiger partial charge in [0.25, 0.3) is 0 Å². The smallest absolute Gasteiger partial charge is 0.231 e. The van der Waals surface area contributed by atoms with E-state index in [4.69, 9.17) is 9.26 Å². The van der Waals surface area contributed by atoms with Crippen molar-refractivity contribution in [3.05, 3.63) is 41.5 Å². The van der Waals surface area contributed by atoms with Crippen LogP contribution in [0.25, 0.3) is 0 Å². The number of hydrogen-bond donors (Lipinski definition) is 1. The zero-order valence-corrected chi connectivity index (χ0v) is 8.88. The molecule has 5 nitrogen and oxygen atoms in total. The van der Waals surface area contributed by atoms with E-state index in [0.717, 1.165) is 5.56 Å². The Labute approximate surface area is 92.7 Å². The molecule has 0 amide bonds. The summed E-state index contributed by atoms with van der Waals surface area (Å²) in [5.41, 5.74) is 0.924. The molecule has 1 aromatic heterocycles. The standard InChI is InChI=1S/C11H12N2O3/c1-15-7-10-12-11(16-13-10)6-8-3-2-4-9(14)5-8/h2-5,14H,6-7H2,1H3. The van der Waals surface area contributed by atoms with Gasteiger partial charge in [-0.1, -0.05) is 17.3 Å². The van der Waals surface area contributed by atoms with Crippen LogP contribution >= 0.6 is 0 Å². The Morgan fingerprint density at radius 2 is 2.31 bits per heavy atom. The average Bonchev–Trinajstić information content (AvgIpc) is 2.66. The second-order valence-corrected chi connectivity index (χ2v) is 3.38. The second kappa shape index (κ2) is 4.76. The van der Waals surface area contributed by atoms with Crippen molar-refractivity contribution in [2.24, 2.45) is 0 Å². The fourth-order valence-electron chi connectivity index (χ4n) is 1.39. The van der Waals surface area contributed by atoms with Gasteiger partial charge in [-0.05, 0) is 17.7 Å². The number of hydrogen-bond acceptors (Lipinski definition) is 5. The lowest BCUT2D eigenvalue weighted by molar-refractivity contribution is 0.174. The Morgan fingerprint density at radius 1 is 1.44 bits per heavy atom. The minimum atomic E-state index is 0.231. The molecule has 0 radical (unpaired) electrons. The van der Waals surface area contributed by atoms with Gasteiger partial charge in [0.2, 0.25) is 5.89 Å². The fraction of sp³-hybridized carbons (Fsp3) is 0.273. The number of phenolic OH excluding ortho intramolecular Hbond substituents is 1. The third kappa shape index (κ3) is 2.58. The number of rotatable bonds is 4. The third-order valence-electron chi connectivity index (χ3n) is 2.05. The van der Waals surface area contributed by atoms with E-state index in [9.17, 15) is 5.11 Å². The quantitative estimate of drug-likeness (QED) is 0.845. The number of nitrogens with zero attached hydrogens (tertiary/aromatic N) is 2. The molecule has 0 spiro atoms. The molecular weight excluding hydrogens is 208 g/mol. The first kappa shape index (κ1) is 10.6. The van der Waals surface area contributed by atoms with E-state index in [1.54, 1.807) is 25.3 Å². The number of methoxy groups -OCH3 is 1. The summed E-state index contributed by atoms with van der Waals surface area (Å²) in [6, 6.07) is 6.95. The molecule has 0 fully saturated rings. The Hall–Kier alpha value is -1.88. The van der Waals surface area contributed by atoms with Crippen LogP contribution in [0.4, 0.5) is 0 Å². The summed E-state index contributed by atoms with van der Waals surface area (Å²) in [4.78, 5) is 4.14. The minimum absolute atomic E-state index is 0.231. The van der Waals surface area contributed by atoms with E-state index < -0.39 is 0 Å². The van der Waals surface area contributed by atoms with Crippen molar-refractivity contribution in [2.75, 3.05) is 7.11 Å². The summed E-state index contributed by atoms with van der Waals surface area (Å²) in [5, 5.41) is 13.0. The molecule has 1 aromatic carbocycles. The van der Waals surface area contributed by atoms with Gasteiger partial charge in [-0.2, -0.15) is 4.98 Å². The maximum absolute atomic E-state index is 9.29. The van der Waals surface area contributed by atoms with E-state index in [2.05, 4.69) is 10.1 Å². The van der Waals surface area contributed by atoms with Crippen molar-refractivity contribution in [1.82, 2.24) is 10.1 Å². The van der Waals surface area contributed by atoms with Crippen molar-refractivity contribution in [1.29, 1.82) is 0 Å². The van der Waals surface area contributed by atoms with E-state index in [1.165, 1.54) is 0 Å². The Kier molecular flexibility index (Phi) is 3.16. The SMILES string of the molecule is COCc1noc(Cc2cccc(O)c2)n1. The number of aromatic hydroxyl groups is 1. The summed E-state index contributed by atoms with van der Waals surface area (Å²) in [6.07, 6.45) is 0.505. The molecule has 0 aliphatic carbocycles. The van der Waals surface area contributed by atoms with Crippen LogP contribution in [0.15, 0.2) is 28.8 Å². The van der Waals surface area contributed by atoms with Gasteiger partial charge in [-0.3, -0.25) is 0 Å². The molecule has 0 saturated carbocycles. The summed E-state index contributed by atoms with van der Waals surface area (Å²) < 4.78 is 9.92. The zero-order valence-electron chi connectivity index (χ0n) is 8.88. The number of ether oxygens (including phenoxy) is 1. The van der Waals surface area contributed by atoms with Gasteiger partial charge in [0.1, 0.15) is 12.4 Å². The molecule has 0 atom stereocenters. The highest BCUT2D eigenvalue weighted by molar-refractivity contribution is 5.28. The molecule has 84 valence electrons. The topological polar surface area (TPSA) is 68.4 Å². The van der Waals surface area contributed by atoms with E-state index in [0.29, 0.717) is 24.7 Å². The molecule has 0 unspecified atom stereocenters. The highest BCUT2D eigenvalue weighted by atomic mass is 16.5. The minimum Gasteiger partial charge on any atom is -0.508 e. The zero-order chi connectivity index (χ0) is 11.4. The van der Waals surface area contributed by atoms with E-state index in [-0.39, 0.29) is 5.75 Å². The van der Waals surface area contributed by atoms with Crippen LogP contribution in [-0.2, 0) is 17.8 Å². The molecule has 16 heavy (non-hydrogen) atoms. The highest BCUT2D eigenvalue weighted by Crippen LogP contribution is 2.14. The molecule has 5 heteroatoms. The molecule has 0 bridgehead atoms. The predicted octanol–water partition coefficient (Wildman–Crippen LogP) is 1.51. The van der Waals surface area contributed by atoms with Crippen molar-refractivity contribution >= 4 is 0 Å². The number of phenols is 1. The van der Waals surface area contributed by atoms with Crippen molar-refractivity contribution < 1.29 is 14.4 Å². The van der Waals surface area contributed by atoms with Crippen molar-refractivity contribution in [3.8, 4) is 5.75 Å². The normalized spacial score (nSPS) is 10.6. The summed E-state index contributed by atoms with van der Waals surface area (Å²) in [5.74, 6) is 1.27.